The van der Waals surface area contributed by atoms with Crippen molar-refractivity contribution in [1.82, 2.24) is 5.32 Å². The van der Waals surface area contributed by atoms with Crippen LogP contribution in [0.3, 0.4) is 0 Å². The van der Waals surface area contributed by atoms with Gasteiger partial charge in [0.15, 0.2) is 0 Å². The first-order valence-corrected chi connectivity index (χ1v) is 6.97. The SMILES string of the molecule is CC(C)CC(NCc1ccc(Cl)c(Br)c1)C(=O)O. The van der Waals surface area contributed by atoms with Gasteiger partial charge in [0.2, 0.25) is 0 Å². The Morgan fingerprint density at radius 1 is 1.50 bits per heavy atom. The zero-order valence-electron chi connectivity index (χ0n) is 10.4. The highest BCUT2D eigenvalue weighted by molar-refractivity contribution is 9.10. The summed E-state index contributed by atoms with van der Waals surface area (Å²) >= 11 is 9.25. The van der Waals surface area contributed by atoms with E-state index in [0.717, 1.165) is 10.0 Å². The van der Waals surface area contributed by atoms with Crippen molar-refractivity contribution < 1.29 is 9.90 Å². The molecule has 5 heteroatoms. The first-order chi connectivity index (χ1) is 8.40. The third kappa shape index (κ3) is 4.96. The van der Waals surface area contributed by atoms with Crippen LogP contribution < -0.4 is 5.32 Å². The molecule has 0 heterocycles. The number of benzene rings is 1. The number of nitrogens with one attached hydrogen (secondary N) is 1. The molecule has 0 aliphatic rings. The van der Waals surface area contributed by atoms with Gasteiger partial charge in [0.05, 0.1) is 5.02 Å². The summed E-state index contributed by atoms with van der Waals surface area (Å²) in [5.74, 6) is -0.465. The van der Waals surface area contributed by atoms with Gasteiger partial charge >= 0.3 is 5.97 Å². The van der Waals surface area contributed by atoms with E-state index in [2.05, 4.69) is 21.2 Å². The minimum absolute atomic E-state index is 0.343. The molecule has 1 aromatic carbocycles. The standard InChI is InChI=1S/C13H17BrClNO2/c1-8(2)5-12(13(17)18)16-7-9-3-4-11(15)10(14)6-9/h3-4,6,8,12,16H,5,7H2,1-2H3,(H,17,18). The van der Waals surface area contributed by atoms with Gasteiger partial charge in [-0.1, -0.05) is 31.5 Å². The van der Waals surface area contributed by atoms with Gasteiger partial charge in [0.25, 0.3) is 0 Å². The van der Waals surface area contributed by atoms with E-state index in [1.807, 2.05) is 26.0 Å². The monoisotopic (exact) mass is 333 g/mol. The number of aliphatic carboxylic acids is 1. The molecular formula is C13H17BrClNO2. The van der Waals surface area contributed by atoms with Crippen LogP contribution in [-0.4, -0.2) is 17.1 Å². The van der Waals surface area contributed by atoms with Crippen molar-refractivity contribution in [2.24, 2.45) is 5.92 Å². The highest BCUT2D eigenvalue weighted by atomic mass is 79.9. The Labute approximate surface area is 121 Å². The highest BCUT2D eigenvalue weighted by Gasteiger charge is 2.17. The summed E-state index contributed by atoms with van der Waals surface area (Å²) < 4.78 is 0.819. The van der Waals surface area contributed by atoms with E-state index >= 15 is 0 Å². The van der Waals surface area contributed by atoms with Crippen LogP contribution in [0.4, 0.5) is 0 Å². The topological polar surface area (TPSA) is 49.3 Å². The predicted octanol–water partition coefficient (Wildman–Crippen LogP) is 3.69. The number of rotatable bonds is 6. The van der Waals surface area contributed by atoms with Gasteiger partial charge in [0.1, 0.15) is 6.04 Å². The van der Waals surface area contributed by atoms with E-state index in [0.29, 0.717) is 23.9 Å². The third-order valence-corrected chi connectivity index (χ3v) is 3.76. The summed E-state index contributed by atoms with van der Waals surface area (Å²) in [7, 11) is 0. The van der Waals surface area contributed by atoms with Crippen molar-refractivity contribution in [3.05, 3.63) is 33.3 Å². The normalized spacial score (nSPS) is 12.7. The summed E-state index contributed by atoms with van der Waals surface area (Å²) in [4.78, 5) is 11.1. The molecule has 0 aromatic heterocycles. The maximum Gasteiger partial charge on any atom is 0.320 e. The van der Waals surface area contributed by atoms with E-state index in [1.54, 1.807) is 6.07 Å². The number of halogens is 2. The van der Waals surface area contributed by atoms with Crippen molar-refractivity contribution in [3.8, 4) is 0 Å². The van der Waals surface area contributed by atoms with Crippen LogP contribution in [0.2, 0.25) is 5.02 Å². The lowest BCUT2D eigenvalue weighted by molar-refractivity contribution is -0.140. The Kier molecular flexibility index (Phi) is 6.12. The molecular weight excluding hydrogens is 318 g/mol. The summed E-state index contributed by atoms with van der Waals surface area (Å²) in [6, 6.07) is 5.05. The Bertz CT molecular complexity index is 423. The maximum atomic E-state index is 11.1. The van der Waals surface area contributed by atoms with Crippen LogP contribution in [0, 0.1) is 5.92 Å². The molecule has 0 saturated carbocycles. The van der Waals surface area contributed by atoms with Crippen LogP contribution in [0.15, 0.2) is 22.7 Å². The van der Waals surface area contributed by atoms with Crippen molar-refractivity contribution in [3.63, 3.8) is 0 Å². The summed E-state index contributed by atoms with van der Waals surface area (Å²) in [5.41, 5.74) is 1.00. The summed E-state index contributed by atoms with van der Waals surface area (Å²) in [6.45, 7) is 4.53. The largest absolute Gasteiger partial charge is 0.480 e. The molecule has 2 N–H and O–H groups in total. The van der Waals surface area contributed by atoms with Gasteiger partial charge in [-0.05, 0) is 46.0 Å². The Balaban J connectivity index is 2.61. The average Bonchev–Trinajstić information content (AvgIpc) is 2.28. The minimum atomic E-state index is -0.809. The fourth-order valence-corrected chi connectivity index (χ4v) is 2.18. The third-order valence-electron chi connectivity index (χ3n) is 2.54. The molecule has 0 saturated heterocycles. The molecule has 0 fully saturated rings. The molecule has 100 valence electrons. The van der Waals surface area contributed by atoms with Crippen LogP contribution in [0.1, 0.15) is 25.8 Å². The van der Waals surface area contributed by atoms with E-state index < -0.39 is 12.0 Å². The van der Waals surface area contributed by atoms with Crippen molar-refractivity contribution in [2.75, 3.05) is 0 Å². The number of hydrogen-bond acceptors (Lipinski definition) is 2. The Morgan fingerprint density at radius 3 is 2.67 bits per heavy atom. The molecule has 0 radical (unpaired) electrons. The van der Waals surface area contributed by atoms with Gasteiger partial charge in [-0.2, -0.15) is 0 Å². The second-order valence-corrected chi connectivity index (χ2v) is 5.91. The molecule has 3 nitrogen and oxygen atoms in total. The smallest absolute Gasteiger partial charge is 0.320 e. The van der Waals surface area contributed by atoms with Crippen LogP contribution in [0.25, 0.3) is 0 Å². The number of carbonyl (C=O) groups is 1. The Hall–Kier alpha value is -0.580. The first kappa shape index (κ1) is 15.5. The molecule has 0 aliphatic heterocycles. The Morgan fingerprint density at radius 2 is 2.17 bits per heavy atom. The molecule has 18 heavy (non-hydrogen) atoms. The van der Waals surface area contributed by atoms with Crippen LogP contribution >= 0.6 is 27.5 Å². The van der Waals surface area contributed by atoms with Crippen LogP contribution in [0.5, 0.6) is 0 Å². The molecule has 0 spiro atoms. The van der Waals surface area contributed by atoms with E-state index in [9.17, 15) is 4.79 Å². The highest BCUT2D eigenvalue weighted by Crippen LogP contribution is 2.23. The van der Waals surface area contributed by atoms with Gasteiger partial charge in [-0.15, -0.1) is 0 Å². The number of hydrogen-bond donors (Lipinski definition) is 2. The fraction of sp³-hybridized carbons (Fsp3) is 0.462. The molecule has 0 amide bonds. The molecule has 0 bridgehead atoms. The quantitative estimate of drug-likeness (QED) is 0.834. The van der Waals surface area contributed by atoms with Gasteiger partial charge in [-0.3, -0.25) is 4.79 Å². The van der Waals surface area contributed by atoms with Crippen LogP contribution in [-0.2, 0) is 11.3 Å². The summed E-state index contributed by atoms with van der Waals surface area (Å²) in [6.07, 6.45) is 0.615. The van der Waals surface area contributed by atoms with Gasteiger partial charge in [-0.25, -0.2) is 0 Å². The molecule has 0 aliphatic carbocycles. The molecule has 1 rings (SSSR count). The zero-order valence-corrected chi connectivity index (χ0v) is 12.8. The predicted molar refractivity (Wildman–Crippen MR) is 76.9 cm³/mol. The summed E-state index contributed by atoms with van der Waals surface area (Å²) in [5, 5.41) is 12.8. The van der Waals surface area contributed by atoms with Gasteiger partial charge < -0.3 is 10.4 Å². The molecule has 1 atom stereocenters. The van der Waals surface area contributed by atoms with Crippen molar-refractivity contribution >= 4 is 33.5 Å². The van der Waals surface area contributed by atoms with E-state index in [4.69, 9.17) is 16.7 Å². The van der Waals surface area contributed by atoms with E-state index in [1.165, 1.54) is 0 Å². The second kappa shape index (κ2) is 7.12. The maximum absolute atomic E-state index is 11.1. The second-order valence-electron chi connectivity index (χ2n) is 4.65. The van der Waals surface area contributed by atoms with Crippen molar-refractivity contribution in [1.29, 1.82) is 0 Å². The zero-order chi connectivity index (χ0) is 13.7. The van der Waals surface area contributed by atoms with Crippen molar-refractivity contribution in [2.45, 2.75) is 32.9 Å². The van der Waals surface area contributed by atoms with Gasteiger partial charge in [0, 0.05) is 11.0 Å². The lowest BCUT2D eigenvalue weighted by Crippen LogP contribution is -2.37. The molecule has 1 aromatic rings. The van der Waals surface area contributed by atoms with E-state index in [-0.39, 0.29) is 0 Å². The average molecular weight is 335 g/mol. The minimum Gasteiger partial charge on any atom is -0.480 e. The first-order valence-electron chi connectivity index (χ1n) is 5.80. The molecule has 1 unspecified atom stereocenters. The lowest BCUT2D eigenvalue weighted by atomic mass is 10.0. The number of carboxylic acids is 1. The lowest BCUT2D eigenvalue weighted by Gasteiger charge is -2.16. The number of carboxylic acid groups (broad SMARTS) is 1. The fourth-order valence-electron chi connectivity index (χ4n) is 1.63.